The SMILES string of the molecule is CC(C)n1cnc2c(Nc3ccccc3)nc(N3CCC(N4CCOCC4)CC3)nc21. The first kappa shape index (κ1) is 20.2. The lowest BCUT2D eigenvalue weighted by Crippen LogP contribution is -2.49. The molecule has 1 N–H and O–H groups in total. The van der Waals surface area contributed by atoms with Gasteiger partial charge in [0.1, 0.15) is 0 Å². The maximum Gasteiger partial charge on any atom is 0.229 e. The number of anilines is 3. The Bertz CT molecular complexity index is 1010. The van der Waals surface area contributed by atoms with Crippen molar-refractivity contribution >= 4 is 28.6 Å². The summed E-state index contributed by atoms with van der Waals surface area (Å²) in [5.74, 6) is 1.55. The van der Waals surface area contributed by atoms with Crippen molar-refractivity contribution in [2.45, 2.75) is 38.8 Å². The molecule has 2 saturated heterocycles. The highest BCUT2D eigenvalue weighted by Gasteiger charge is 2.28. The van der Waals surface area contributed by atoms with Crippen LogP contribution in [0.25, 0.3) is 11.2 Å². The van der Waals surface area contributed by atoms with Crippen LogP contribution in [0.2, 0.25) is 0 Å². The van der Waals surface area contributed by atoms with Crippen molar-refractivity contribution in [2.75, 3.05) is 49.6 Å². The van der Waals surface area contributed by atoms with Crippen LogP contribution in [-0.4, -0.2) is 69.9 Å². The topological polar surface area (TPSA) is 71.3 Å². The first-order valence-electron chi connectivity index (χ1n) is 11.3. The fourth-order valence-corrected chi connectivity index (χ4v) is 4.54. The molecule has 0 atom stereocenters. The summed E-state index contributed by atoms with van der Waals surface area (Å²) in [4.78, 5) is 19.4. The smallest absolute Gasteiger partial charge is 0.229 e. The minimum atomic E-state index is 0.282. The summed E-state index contributed by atoms with van der Waals surface area (Å²) in [7, 11) is 0. The average Bonchev–Trinajstić information content (AvgIpc) is 3.25. The van der Waals surface area contributed by atoms with Gasteiger partial charge in [0.15, 0.2) is 17.0 Å². The van der Waals surface area contributed by atoms with E-state index < -0.39 is 0 Å². The van der Waals surface area contributed by atoms with E-state index in [4.69, 9.17) is 14.7 Å². The molecular weight excluding hydrogens is 390 g/mol. The summed E-state index contributed by atoms with van der Waals surface area (Å²) in [6.07, 6.45) is 4.13. The van der Waals surface area contributed by atoms with E-state index in [1.807, 2.05) is 36.7 Å². The van der Waals surface area contributed by atoms with E-state index in [2.05, 4.69) is 38.5 Å². The van der Waals surface area contributed by atoms with Crippen molar-refractivity contribution in [3.8, 4) is 0 Å². The van der Waals surface area contributed by atoms with E-state index >= 15 is 0 Å². The van der Waals surface area contributed by atoms with Crippen molar-refractivity contribution < 1.29 is 4.74 Å². The highest BCUT2D eigenvalue weighted by molar-refractivity contribution is 5.86. The van der Waals surface area contributed by atoms with Crippen LogP contribution in [0.5, 0.6) is 0 Å². The van der Waals surface area contributed by atoms with Gasteiger partial charge in [-0.1, -0.05) is 18.2 Å². The number of aromatic nitrogens is 4. The molecule has 164 valence electrons. The number of rotatable bonds is 5. The second kappa shape index (κ2) is 8.80. The molecule has 3 aromatic rings. The third kappa shape index (κ3) is 4.22. The van der Waals surface area contributed by atoms with Crippen molar-refractivity contribution in [3.63, 3.8) is 0 Å². The van der Waals surface area contributed by atoms with Crippen LogP contribution in [0.3, 0.4) is 0 Å². The van der Waals surface area contributed by atoms with E-state index in [-0.39, 0.29) is 6.04 Å². The zero-order valence-electron chi connectivity index (χ0n) is 18.4. The minimum Gasteiger partial charge on any atom is -0.379 e. The third-order valence-corrected chi connectivity index (χ3v) is 6.31. The summed E-state index contributed by atoms with van der Waals surface area (Å²) in [5.41, 5.74) is 2.69. The molecule has 0 unspecified atom stereocenters. The van der Waals surface area contributed by atoms with E-state index in [0.29, 0.717) is 6.04 Å². The Morgan fingerprint density at radius 3 is 2.45 bits per heavy atom. The average molecular weight is 422 g/mol. The van der Waals surface area contributed by atoms with E-state index in [1.54, 1.807) is 0 Å². The Labute approximate surface area is 183 Å². The largest absolute Gasteiger partial charge is 0.379 e. The van der Waals surface area contributed by atoms with Crippen molar-refractivity contribution in [1.82, 2.24) is 24.4 Å². The number of benzene rings is 1. The van der Waals surface area contributed by atoms with Gasteiger partial charge in [-0.2, -0.15) is 9.97 Å². The number of nitrogens with one attached hydrogen (secondary N) is 1. The second-order valence-electron chi connectivity index (χ2n) is 8.65. The normalized spacial score (nSPS) is 18.7. The lowest BCUT2D eigenvalue weighted by Gasteiger charge is -2.40. The van der Waals surface area contributed by atoms with E-state index in [0.717, 1.165) is 80.9 Å². The molecule has 8 nitrogen and oxygen atoms in total. The molecule has 0 saturated carbocycles. The van der Waals surface area contributed by atoms with Gasteiger partial charge in [-0.3, -0.25) is 4.90 Å². The number of imidazole rings is 1. The molecule has 8 heteroatoms. The number of para-hydroxylation sites is 1. The summed E-state index contributed by atoms with van der Waals surface area (Å²) >= 11 is 0. The van der Waals surface area contributed by atoms with E-state index in [9.17, 15) is 0 Å². The molecular formula is C23H31N7O. The number of ether oxygens (including phenoxy) is 1. The molecule has 2 fully saturated rings. The van der Waals surface area contributed by atoms with Gasteiger partial charge in [0.2, 0.25) is 5.95 Å². The summed E-state index contributed by atoms with van der Waals surface area (Å²) in [6.45, 7) is 10.0. The molecule has 5 rings (SSSR count). The zero-order valence-corrected chi connectivity index (χ0v) is 18.4. The molecule has 2 aliphatic rings. The number of piperidine rings is 1. The van der Waals surface area contributed by atoms with Gasteiger partial charge in [0, 0.05) is 44.0 Å². The van der Waals surface area contributed by atoms with E-state index in [1.165, 1.54) is 0 Å². The van der Waals surface area contributed by atoms with Crippen molar-refractivity contribution in [3.05, 3.63) is 36.7 Å². The Morgan fingerprint density at radius 2 is 1.74 bits per heavy atom. The quantitative estimate of drug-likeness (QED) is 0.676. The molecule has 4 heterocycles. The Morgan fingerprint density at radius 1 is 1.00 bits per heavy atom. The van der Waals surface area contributed by atoms with Crippen molar-refractivity contribution in [2.24, 2.45) is 0 Å². The highest BCUT2D eigenvalue weighted by atomic mass is 16.5. The van der Waals surface area contributed by atoms with Crippen LogP contribution in [0.4, 0.5) is 17.5 Å². The molecule has 0 amide bonds. The van der Waals surface area contributed by atoms with Crippen LogP contribution in [0, 0.1) is 0 Å². The summed E-state index contributed by atoms with van der Waals surface area (Å²) < 4.78 is 7.64. The van der Waals surface area contributed by atoms with Gasteiger partial charge in [-0.05, 0) is 38.8 Å². The molecule has 31 heavy (non-hydrogen) atoms. The molecule has 0 radical (unpaired) electrons. The molecule has 2 aromatic heterocycles. The van der Waals surface area contributed by atoms with Crippen LogP contribution in [0.1, 0.15) is 32.7 Å². The number of hydrogen-bond donors (Lipinski definition) is 1. The van der Waals surface area contributed by atoms with Gasteiger partial charge in [0.25, 0.3) is 0 Å². The Balaban J connectivity index is 1.42. The summed E-state index contributed by atoms with van der Waals surface area (Å²) in [6, 6.07) is 11.0. The first-order valence-corrected chi connectivity index (χ1v) is 11.3. The Kier molecular flexibility index (Phi) is 5.74. The van der Waals surface area contributed by atoms with Crippen LogP contribution < -0.4 is 10.2 Å². The molecule has 1 aromatic carbocycles. The van der Waals surface area contributed by atoms with Gasteiger partial charge in [-0.25, -0.2) is 4.98 Å². The fraction of sp³-hybridized carbons (Fsp3) is 0.522. The Hall–Kier alpha value is -2.71. The fourth-order valence-electron chi connectivity index (χ4n) is 4.54. The monoisotopic (exact) mass is 421 g/mol. The van der Waals surface area contributed by atoms with Crippen LogP contribution >= 0.6 is 0 Å². The molecule has 0 bridgehead atoms. The lowest BCUT2D eigenvalue weighted by molar-refractivity contribution is 0.0114. The summed E-state index contributed by atoms with van der Waals surface area (Å²) in [5, 5.41) is 3.46. The molecule has 0 spiro atoms. The second-order valence-corrected chi connectivity index (χ2v) is 8.65. The predicted molar refractivity (Wildman–Crippen MR) is 123 cm³/mol. The predicted octanol–water partition coefficient (Wildman–Crippen LogP) is 3.45. The lowest BCUT2D eigenvalue weighted by atomic mass is 10.0. The first-order chi connectivity index (χ1) is 15.2. The van der Waals surface area contributed by atoms with Crippen LogP contribution in [0.15, 0.2) is 36.7 Å². The van der Waals surface area contributed by atoms with Gasteiger partial charge < -0.3 is 19.5 Å². The number of nitrogens with zero attached hydrogens (tertiary/aromatic N) is 6. The van der Waals surface area contributed by atoms with Gasteiger partial charge >= 0.3 is 0 Å². The van der Waals surface area contributed by atoms with Gasteiger partial charge in [-0.15, -0.1) is 0 Å². The molecule has 2 aliphatic heterocycles. The molecule has 0 aliphatic carbocycles. The third-order valence-electron chi connectivity index (χ3n) is 6.31. The number of morpholine rings is 1. The van der Waals surface area contributed by atoms with Crippen molar-refractivity contribution in [1.29, 1.82) is 0 Å². The maximum absolute atomic E-state index is 5.52. The number of hydrogen-bond acceptors (Lipinski definition) is 7. The zero-order chi connectivity index (χ0) is 21.2. The number of fused-ring (bicyclic) bond motifs is 1. The maximum atomic E-state index is 5.52. The minimum absolute atomic E-state index is 0.282. The highest BCUT2D eigenvalue weighted by Crippen LogP contribution is 2.29. The van der Waals surface area contributed by atoms with Gasteiger partial charge in [0.05, 0.1) is 19.5 Å². The van der Waals surface area contributed by atoms with Crippen LogP contribution in [-0.2, 0) is 4.74 Å². The standard InChI is InChI=1S/C23H31N7O/c1-17(2)30-16-24-20-21(25-18-6-4-3-5-7-18)26-23(27-22(20)30)29-10-8-19(9-11-29)28-12-14-31-15-13-28/h3-7,16-17,19H,8-15H2,1-2H3,(H,25,26,27).